The van der Waals surface area contributed by atoms with Gasteiger partial charge in [0.05, 0.1) is 32.7 Å². The number of aromatic nitrogens is 1. The summed E-state index contributed by atoms with van der Waals surface area (Å²) in [5.41, 5.74) is 1.57. The van der Waals surface area contributed by atoms with Gasteiger partial charge >= 0.3 is 0 Å². The molecule has 1 aromatic heterocycles. The Kier molecular flexibility index (Phi) is 6.91. The minimum absolute atomic E-state index is 0.120. The minimum Gasteiger partial charge on any atom is -0.497 e. The molecule has 0 unspecified atom stereocenters. The Morgan fingerprint density at radius 2 is 1.89 bits per heavy atom. The standard InChI is InChI=1S/C27H33N3O6S/c1-33-20-8-7-19(24(13-20)34-2)14-29-25-22-5-4-6-23(21(22)9-11-28-25)30-17-27-15-26(16-27,10-12-35-27)18-36-37(3,31)32/h4-9,11,13,30H,10,12,14-18H2,1-3H3,(H,28,29). The zero-order valence-electron chi connectivity index (χ0n) is 21.4. The summed E-state index contributed by atoms with van der Waals surface area (Å²) in [5, 5.41) is 9.09. The maximum atomic E-state index is 11.5. The lowest BCUT2D eigenvalue weighted by Gasteiger charge is -2.59. The molecule has 2 aromatic carbocycles. The van der Waals surface area contributed by atoms with Crippen LogP contribution in [0.4, 0.5) is 11.5 Å². The Hall–Kier alpha value is -3.08. The van der Waals surface area contributed by atoms with Crippen LogP contribution in [0.1, 0.15) is 24.8 Å². The lowest BCUT2D eigenvalue weighted by atomic mass is 9.56. The second kappa shape index (κ2) is 10.00. The average molecular weight is 528 g/mol. The molecule has 10 heteroatoms. The first-order valence-corrected chi connectivity index (χ1v) is 14.1. The van der Waals surface area contributed by atoms with Crippen molar-refractivity contribution in [3.63, 3.8) is 0 Å². The SMILES string of the molecule is COc1ccc(CNc2nccc3c(NCC45CC(COS(C)(=O)=O)(CCO4)C5)cccc23)c(OC)c1. The molecule has 1 saturated carbocycles. The molecule has 0 amide bonds. The van der Waals surface area contributed by atoms with Crippen LogP contribution in [-0.4, -0.2) is 59.2 Å². The number of rotatable bonds is 11. The number of pyridine rings is 1. The number of ether oxygens (including phenoxy) is 3. The molecule has 2 N–H and O–H groups in total. The Labute approximate surface area is 217 Å². The monoisotopic (exact) mass is 527 g/mol. The van der Waals surface area contributed by atoms with Crippen molar-refractivity contribution in [1.82, 2.24) is 4.98 Å². The molecule has 2 aliphatic heterocycles. The molecule has 3 heterocycles. The van der Waals surface area contributed by atoms with E-state index in [0.717, 1.165) is 64.9 Å². The summed E-state index contributed by atoms with van der Waals surface area (Å²) in [7, 11) is -0.173. The lowest BCUT2D eigenvalue weighted by molar-refractivity contribution is -0.225. The van der Waals surface area contributed by atoms with Crippen LogP contribution >= 0.6 is 0 Å². The highest BCUT2D eigenvalue weighted by molar-refractivity contribution is 7.85. The maximum Gasteiger partial charge on any atom is 0.264 e. The van der Waals surface area contributed by atoms with Gasteiger partial charge in [-0.3, -0.25) is 4.18 Å². The van der Waals surface area contributed by atoms with Crippen LogP contribution in [0.25, 0.3) is 10.8 Å². The molecule has 198 valence electrons. The highest BCUT2D eigenvalue weighted by atomic mass is 32.2. The predicted octanol–water partition coefficient (Wildman–Crippen LogP) is 4.19. The van der Waals surface area contributed by atoms with Crippen molar-refractivity contribution in [2.45, 2.75) is 31.4 Å². The van der Waals surface area contributed by atoms with Gasteiger partial charge in [-0.25, -0.2) is 4.98 Å². The Bertz CT molecular complexity index is 1390. The second-order valence-corrected chi connectivity index (χ2v) is 11.7. The van der Waals surface area contributed by atoms with E-state index in [9.17, 15) is 8.42 Å². The van der Waals surface area contributed by atoms with E-state index < -0.39 is 10.1 Å². The van der Waals surface area contributed by atoms with E-state index in [0.29, 0.717) is 19.7 Å². The molecule has 6 rings (SSSR count). The highest BCUT2D eigenvalue weighted by Gasteiger charge is 2.58. The minimum atomic E-state index is -3.45. The summed E-state index contributed by atoms with van der Waals surface area (Å²) in [5.74, 6) is 2.28. The Balaban J connectivity index is 1.28. The molecule has 1 aliphatic carbocycles. The quantitative estimate of drug-likeness (QED) is 0.355. The molecule has 3 fully saturated rings. The predicted molar refractivity (Wildman–Crippen MR) is 143 cm³/mol. The highest BCUT2D eigenvalue weighted by Crippen LogP contribution is 2.57. The van der Waals surface area contributed by atoms with Gasteiger partial charge in [-0.05, 0) is 43.5 Å². The van der Waals surface area contributed by atoms with Crippen LogP contribution in [0.2, 0.25) is 0 Å². The zero-order valence-corrected chi connectivity index (χ0v) is 22.2. The van der Waals surface area contributed by atoms with Gasteiger partial charge in [0.15, 0.2) is 0 Å². The molecule has 37 heavy (non-hydrogen) atoms. The van der Waals surface area contributed by atoms with Gasteiger partial charge in [-0.15, -0.1) is 0 Å². The molecule has 9 nitrogen and oxygen atoms in total. The summed E-state index contributed by atoms with van der Waals surface area (Å²) in [4.78, 5) is 4.58. The molecule has 2 bridgehead atoms. The second-order valence-electron chi connectivity index (χ2n) is 10.0. The van der Waals surface area contributed by atoms with Crippen molar-refractivity contribution >= 4 is 32.4 Å². The van der Waals surface area contributed by atoms with E-state index in [1.54, 1.807) is 20.4 Å². The van der Waals surface area contributed by atoms with Gasteiger partial charge < -0.3 is 24.8 Å². The fraction of sp³-hybridized carbons (Fsp3) is 0.444. The molecule has 0 spiro atoms. The van der Waals surface area contributed by atoms with Crippen molar-refractivity contribution in [3.8, 4) is 11.5 Å². The van der Waals surface area contributed by atoms with Crippen molar-refractivity contribution < 1.29 is 26.8 Å². The summed E-state index contributed by atoms with van der Waals surface area (Å²) < 4.78 is 45.1. The van der Waals surface area contributed by atoms with Crippen LogP contribution in [-0.2, 0) is 25.6 Å². The number of fused-ring (bicyclic) bond motifs is 3. The average Bonchev–Trinajstić information content (AvgIpc) is 2.89. The zero-order chi connectivity index (χ0) is 26.1. The number of anilines is 2. The topological polar surface area (TPSA) is 108 Å². The molecule has 3 aliphatic rings. The summed E-state index contributed by atoms with van der Waals surface area (Å²) in [6.07, 6.45) is 5.28. The lowest BCUT2D eigenvalue weighted by Crippen LogP contribution is -2.63. The summed E-state index contributed by atoms with van der Waals surface area (Å²) in [6.45, 7) is 2.02. The maximum absolute atomic E-state index is 11.5. The van der Waals surface area contributed by atoms with E-state index in [1.165, 1.54) is 0 Å². The van der Waals surface area contributed by atoms with Crippen molar-refractivity contribution in [3.05, 3.63) is 54.2 Å². The molecule has 0 atom stereocenters. The summed E-state index contributed by atoms with van der Waals surface area (Å²) in [6, 6.07) is 13.9. The van der Waals surface area contributed by atoms with Crippen LogP contribution in [0, 0.1) is 5.41 Å². The number of nitrogens with zero attached hydrogens (tertiary/aromatic N) is 1. The van der Waals surface area contributed by atoms with Gasteiger partial charge in [-0.1, -0.05) is 12.1 Å². The third-order valence-corrected chi connectivity index (χ3v) is 7.91. The fourth-order valence-electron chi connectivity index (χ4n) is 5.60. The molecule has 2 saturated heterocycles. The number of methoxy groups -OCH3 is 2. The van der Waals surface area contributed by atoms with E-state index in [4.69, 9.17) is 18.4 Å². The Morgan fingerprint density at radius 1 is 1.05 bits per heavy atom. The normalized spacial score (nSPS) is 22.8. The summed E-state index contributed by atoms with van der Waals surface area (Å²) >= 11 is 0. The molecular weight excluding hydrogens is 494 g/mol. The number of nitrogens with one attached hydrogen (secondary N) is 2. The smallest absolute Gasteiger partial charge is 0.264 e. The molecular formula is C27H33N3O6S. The van der Waals surface area contributed by atoms with Gasteiger partial charge in [-0.2, -0.15) is 8.42 Å². The van der Waals surface area contributed by atoms with Crippen LogP contribution in [0.3, 0.4) is 0 Å². The van der Waals surface area contributed by atoms with Gasteiger partial charge in [0.1, 0.15) is 17.3 Å². The van der Waals surface area contributed by atoms with E-state index in [1.807, 2.05) is 36.4 Å². The third kappa shape index (κ3) is 5.46. The van der Waals surface area contributed by atoms with Crippen LogP contribution in [0.5, 0.6) is 11.5 Å². The largest absolute Gasteiger partial charge is 0.497 e. The van der Waals surface area contributed by atoms with Crippen molar-refractivity contribution in [2.75, 3.05) is 50.9 Å². The first kappa shape index (κ1) is 25.6. The number of benzene rings is 2. The van der Waals surface area contributed by atoms with E-state index >= 15 is 0 Å². The fourth-order valence-corrected chi connectivity index (χ4v) is 6.06. The number of hydrogen-bond donors (Lipinski definition) is 2. The molecule has 0 radical (unpaired) electrons. The first-order chi connectivity index (χ1) is 17.7. The van der Waals surface area contributed by atoms with Crippen molar-refractivity contribution in [2.24, 2.45) is 5.41 Å². The molecule has 3 aromatic rings. The Morgan fingerprint density at radius 3 is 2.65 bits per heavy atom. The van der Waals surface area contributed by atoms with Gasteiger partial charge in [0, 0.05) is 59.4 Å². The number of hydrogen-bond acceptors (Lipinski definition) is 9. The van der Waals surface area contributed by atoms with E-state index in [2.05, 4.69) is 21.7 Å². The van der Waals surface area contributed by atoms with Crippen molar-refractivity contribution in [1.29, 1.82) is 0 Å². The van der Waals surface area contributed by atoms with Gasteiger partial charge in [0.2, 0.25) is 0 Å². The van der Waals surface area contributed by atoms with Crippen LogP contribution in [0.15, 0.2) is 48.7 Å². The first-order valence-electron chi connectivity index (χ1n) is 12.3. The third-order valence-electron chi connectivity index (χ3n) is 7.36. The van der Waals surface area contributed by atoms with Crippen LogP contribution < -0.4 is 20.1 Å². The van der Waals surface area contributed by atoms with E-state index in [-0.39, 0.29) is 17.6 Å². The van der Waals surface area contributed by atoms with Gasteiger partial charge in [0.25, 0.3) is 10.1 Å².